The van der Waals surface area contributed by atoms with Crippen LogP contribution in [-0.2, 0) is 6.54 Å². The van der Waals surface area contributed by atoms with Gasteiger partial charge in [0.1, 0.15) is 5.82 Å². The molecule has 2 unspecified atom stereocenters. The van der Waals surface area contributed by atoms with Crippen molar-refractivity contribution in [1.82, 2.24) is 4.98 Å². The predicted octanol–water partition coefficient (Wildman–Crippen LogP) is 3.18. The molecule has 1 saturated heterocycles. The molecule has 0 spiro atoms. The number of hydrogen-bond acceptors (Lipinski definition) is 3. The monoisotopic (exact) mass is 269 g/mol. The average molecular weight is 269 g/mol. The molecule has 1 fully saturated rings. The van der Waals surface area contributed by atoms with E-state index in [1.54, 1.807) is 0 Å². The second kappa shape index (κ2) is 5.41. The van der Waals surface area contributed by atoms with Crippen LogP contribution in [-0.4, -0.2) is 18.1 Å². The molecule has 0 radical (unpaired) electrons. The molecular formula is C17H23N3. The summed E-state index contributed by atoms with van der Waals surface area (Å²) in [5, 5.41) is 1.18. The van der Waals surface area contributed by atoms with Crippen molar-refractivity contribution in [3.63, 3.8) is 0 Å². The Morgan fingerprint density at radius 1 is 1.25 bits per heavy atom. The molecule has 0 amide bonds. The Morgan fingerprint density at radius 2 is 2.05 bits per heavy atom. The van der Waals surface area contributed by atoms with Crippen LogP contribution in [0.2, 0.25) is 0 Å². The quantitative estimate of drug-likeness (QED) is 0.910. The van der Waals surface area contributed by atoms with Crippen molar-refractivity contribution >= 4 is 16.7 Å². The van der Waals surface area contributed by atoms with Crippen LogP contribution < -0.4 is 10.6 Å². The van der Waals surface area contributed by atoms with E-state index in [0.29, 0.717) is 6.54 Å². The number of fused-ring (bicyclic) bond motifs is 1. The van der Waals surface area contributed by atoms with E-state index in [4.69, 9.17) is 10.7 Å². The first-order chi connectivity index (χ1) is 9.69. The number of piperidine rings is 1. The summed E-state index contributed by atoms with van der Waals surface area (Å²) >= 11 is 0. The zero-order valence-electron chi connectivity index (χ0n) is 12.3. The highest BCUT2D eigenvalue weighted by atomic mass is 15.2. The van der Waals surface area contributed by atoms with E-state index in [2.05, 4.69) is 36.9 Å². The number of pyridine rings is 1. The number of nitrogens with two attached hydrogens (primary N) is 1. The lowest BCUT2D eigenvalue weighted by Crippen LogP contribution is -2.38. The van der Waals surface area contributed by atoms with Crippen LogP contribution in [0, 0.1) is 11.8 Å². The first-order valence-corrected chi connectivity index (χ1v) is 7.52. The third kappa shape index (κ3) is 2.38. The Kier molecular flexibility index (Phi) is 3.62. The third-order valence-electron chi connectivity index (χ3n) is 4.67. The fourth-order valence-electron chi connectivity index (χ4n) is 3.03. The van der Waals surface area contributed by atoms with Gasteiger partial charge in [-0.3, -0.25) is 0 Å². The molecule has 106 valence electrons. The average Bonchev–Trinajstić information content (AvgIpc) is 2.49. The first-order valence-electron chi connectivity index (χ1n) is 7.52. The molecule has 2 heterocycles. The number of benzene rings is 1. The number of aromatic nitrogens is 1. The van der Waals surface area contributed by atoms with Gasteiger partial charge in [-0.15, -0.1) is 0 Å². The highest BCUT2D eigenvalue weighted by molar-refractivity contribution is 5.84. The van der Waals surface area contributed by atoms with Crippen LogP contribution in [0.15, 0.2) is 30.3 Å². The summed E-state index contributed by atoms with van der Waals surface area (Å²) in [5.74, 6) is 2.61. The zero-order chi connectivity index (χ0) is 14.1. The molecule has 1 aliphatic heterocycles. The van der Waals surface area contributed by atoms with Crippen LogP contribution in [0.3, 0.4) is 0 Å². The van der Waals surface area contributed by atoms with Crippen LogP contribution in [0.5, 0.6) is 0 Å². The van der Waals surface area contributed by atoms with Crippen molar-refractivity contribution in [2.24, 2.45) is 17.6 Å². The second-order valence-corrected chi connectivity index (χ2v) is 6.05. The van der Waals surface area contributed by atoms with Crippen LogP contribution in [0.4, 0.5) is 5.82 Å². The van der Waals surface area contributed by atoms with Gasteiger partial charge in [-0.1, -0.05) is 32.0 Å². The fourth-order valence-corrected chi connectivity index (χ4v) is 3.03. The minimum absolute atomic E-state index is 0.565. The minimum Gasteiger partial charge on any atom is -0.356 e. The Bertz CT molecular complexity index is 608. The van der Waals surface area contributed by atoms with E-state index in [1.807, 2.05) is 12.1 Å². The van der Waals surface area contributed by atoms with Crippen LogP contribution in [0.25, 0.3) is 10.9 Å². The maximum atomic E-state index is 5.92. The van der Waals surface area contributed by atoms with Gasteiger partial charge in [-0.25, -0.2) is 4.98 Å². The smallest absolute Gasteiger partial charge is 0.129 e. The summed E-state index contributed by atoms with van der Waals surface area (Å²) in [5.41, 5.74) is 8.16. The van der Waals surface area contributed by atoms with E-state index in [1.165, 1.54) is 17.4 Å². The Balaban J connectivity index is 1.99. The van der Waals surface area contributed by atoms with E-state index in [9.17, 15) is 0 Å². The van der Waals surface area contributed by atoms with Gasteiger partial charge in [0.15, 0.2) is 0 Å². The van der Waals surface area contributed by atoms with Gasteiger partial charge in [0.25, 0.3) is 0 Å². The molecule has 1 aromatic heterocycles. The van der Waals surface area contributed by atoms with Gasteiger partial charge in [0, 0.05) is 25.0 Å². The lowest BCUT2D eigenvalue weighted by atomic mass is 9.88. The molecule has 3 heteroatoms. The van der Waals surface area contributed by atoms with Crippen molar-refractivity contribution in [1.29, 1.82) is 0 Å². The zero-order valence-corrected chi connectivity index (χ0v) is 12.3. The fraction of sp³-hybridized carbons (Fsp3) is 0.471. The molecule has 2 N–H and O–H groups in total. The standard InChI is InChI=1S/C17H23N3/c1-12-7-8-20(11-13(12)2)17-9-14(10-18)15-5-3-4-6-16(15)19-17/h3-6,9,12-13H,7-8,10-11,18H2,1-2H3. The maximum absolute atomic E-state index is 5.92. The van der Waals surface area contributed by atoms with E-state index < -0.39 is 0 Å². The van der Waals surface area contributed by atoms with Gasteiger partial charge < -0.3 is 10.6 Å². The lowest BCUT2D eigenvalue weighted by Gasteiger charge is -2.36. The summed E-state index contributed by atoms with van der Waals surface area (Å²) in [6.07, 6.45) is 1.24. The van der Waals surface area contributed by atoms with Crippen LogP contribution >= 0.6 is 0 Å². The van der Waals surface area contributed by atoms with Crippen molar-refractivity contribution in [3.8, 4) is 0 Å². The van der Waals surface area contributed by atoms with Gasteiger partial charge in [-0.05, 0) is 36.0 Å². The summed E-state index contributed by atoms with van der Waals surface area (Å²) in [6, 6.07) is 10.4. The summed E-state index contributed by atoms with van der Waals surface area (Å²) in [6.45, 7) is 7.44. The largest absolute Gasteiger partial charge is 0.356 e. The SMILES string of the molecule is CC1CCN(c2cc(CN)c3ccccc3n2)CC1C. The van der Waals surface area contributed by atoms with Crippen molar-refractivity contribution in [2.75, 3.05) is 18.0 Å². The summed E-state index contributed by atoms with van der Waals surface area (Å²) in [4.78, 5) is 7.25. The van der Waals surface area contributed by atoms with Crippen molar-refractivity contribution in [3.05, 3.63) is 35.9 Å². The Morgan fingerprint density at radius 3 is 2.80 bits per heavy atom. The van der Waals surface area contributed by atoms with Gasteiger partial charge in [-0.2, -0.15) is 0 Å². The molecule has 2 aromatic rings. The van der Waals surface area contributed by atoms with E-state index in [0.717, 1.165) is 36.3 Å². The molecule has 3 nitrogen and oxygen atoms in total. The molecule has 1 aliphatic rings. The highest BCUT2D eigenvalue weighted by Gasteiger charge is 2.23. The van der Waals surface area contributed by atoms with Gasteiger partial charge in [0.05, 0.1) is 5.52 Å². The molecule has 3 rings (SSSR count). The third-order valence-corrected chi connectivity index (χ3v) is 4.67. The molecule has 20 heavy (non-hydrogen) atoms. The number of hydrogen-bond donors (Lipinski definition) is 1. The number of rotatable bonds is 2. The van der Waals surface area contributed by atoms with Crippen molar-refractivity contribution < 1.29 is 0 Å². The number of anilines is 1. The normalized spacial score (nSPS) is 23.2. The lowest BCUT2D eigenvalue weighted by molar-refractivity contribution is 0.323. The summed E-state index contributed by atoms with van der Waals surface area (Å²) < 4.78 is 0. The highest BCUT2D eigenvalue weighted by Crippen LogP contribution is 2.28. The second-order valence-electron chi connectivity index (χ2n) is 6.05. The van der Waals surface area contributed by atoms with Gasteiger partial charge >= 0.3 is 0 Å². The molecule has 2 atom stereocenters. The predicted molar refractivity (Wildman–Crippen MR) is 84.8 cm³/mol. The molecule has 0 bridgehead atoms. The molecule has 1 aromatic carbocycles. The number of nitrogens with zero attached hydrogens (tertiary/aromatic N) is 2. The van der Waals surface area contributed by atoms with E-state index >= 15 is 0 Å². The minimum atomic E-state index is 0.565. The molecule has 0 aliphatic carbocycles. The number of para-hydroxylation sites is 1. The first kappa shape index (κ1) is 13.4. The summed E-state index contributed by atoms with van der Waals surface area (Å²) in [7, 11) is 0. The Labute approximate surface area is 120 Å². The molecular weight excluding hydrogens is 246 g/mol. The van der Waals surface area contributed by atoms with Crippen LogP contribution in [0.1, 0.15) is 25.8 Å². The maximum Gasteiger partial charge on any atom is 0.129 e. The molecule has 0 saturated carbocycles. The van der Waals surface area contributed by atoms with Gasteiger partial charge in [0.2, 0.25) is 0 Å². The Hall–Kier alpha value is -1.61. The van der Waals surface area contributed by atoms with Crippen molar-refractivity contribution in [2.45, 2.75) is 26.8 Å². The van der Waals surface area contributed by atoms with E-state index in [-0.39, 0.29) is 0 Å². The topological polar surface area (TPSA) is 42.1 Å².